The predicted molar refractivity (Wildman–Crippen MR) is 134 cm³/mol. The Morgan fingerprint density at radius 1 is 0.971 bits per heavy atom. The number of para-hydroxylation sites is 1. The summed E-state index contributed by atoms with van der Waals surface area (Å²) in [5.41, 5.74) is 6.47. The maximum atomic E-state index is 13.0. The molecule has 7 heteroatoms. The Morgan fingerprint density at radius 3 is 2.29 bits per heavy atom. The van der Waals surface area contributed by atoms with Crippen molar-refractivity contribution in [1.29, 1.82) is 0 Å². The van der Waals surface area contributed by atoms with E-state index >= 15 is 0 Å². The van der Waals surface area contributed by atoms with Crippen LogP contribution in [0.5, 0.6) is 0 Å². The zero-order chi connectivity index (χ0) is 24.4. The first-order chi connectivity index (χ1) is 17.1. The highest BCUT2D eigenvalue weighted by molar-refractivity contribution is 5.88. The van der Waals surface area contributed by atoms with Gasteiger partial charge in [-0.1, -0.05) is 66.7 Å². The van der Waals surface area contributed by atoms with Crippen LogP contribution in [-0.4, -0.2) is 48.9 Å². The third-order valence-corrected chi connectivity index (χ3v) is 6.62. The van der Waals surface area contributed by atoms with Crippen LogP contribution in [0.1, 0.15) is 22.6 Å². The Hall–Kier alpha value is -4.10. The number of nitrogens with zero attached hydrogens (tertiary/aromatic N) is 1. The molecule has 0 fully saturated rings. The molecule has 1 heterocycles. The smallest absolute Gasteiger partial charge is 0.407 e. The first-order valence-electron chi connectivity index (χ1n) is 11.5. The van der Waals surface area contributed by atoms with E-state index in [1.54, 1.807) is 0 Å². The number of alkyl carbamates (subject to hydrolysis) is 1. The number of aromatic nitrogens is 1. The molecule has 7 nitrogen and oxygen atoms in total. The summed E-state index contributed by atoms with van der Waals surface area (Å²) in [6, 6.07) is 23.3. The number of carbonyl (C=O) groups excluding carboxylic acids is 2. The zero-order valence-electron chi connectivity index (χ0n) is 19.7. The summed E-state index contributed by atoms with van der Waals surface area (Å²) in [5, 5.41) is 4.87. The van der Waals surface area contributed by atoms with Crippen LogP contribution in [-0.2, 0) is 20.8 Å². The number of fused-ring (bicyclic) bond motifs is 4. The van der Waals surface area contributed by atoms with Crippen LogP contribution < -0.4 is 5.32 Å². The number of hydrogen-bond donors (Lipinski definition) is 2. The van der Waals surface area contributed by atoms with Crippen molar-refractivity contribution in [2.24, 2.45) is 0 Å². The molecule has 0 radical (unpaired) electrons. The molecule has 0 unspecified atom stereocenters. The minimum absolute atomic E-state index is 0.0578. The average molecular weight is 470 g/mol. The molecule has 5 rings (SSSR count). The van der Waals surface area contributed by atoms with Crippen molar-refractivity contribution >= 4 is 22.9 Å². The number of hydrogen-bond acceptors (Lipinski definition) is 4. The quantitative estimate of drug-likeness (QED) is 0.387. The summed E-state index contributed by atoms with van der Waals surface area (Å²) in [4.78, 5) is 34.2. The number of aromatic amines is 1. The highest BCUT2D eigenvalue weighted by atomic mass is 16.7. The van der Waals surface area contributed by atoms with Gasteiger partial charge in [-0.05, 0) is 33.9 Å². The number of likely N-dealkylation sites (N-methyl/N-ethyl adjacent to an activating group) is 1. The molecule has 0 bridgehead atoms. The maximum Gasteiger partial charge on any atom is 0.407 e. The lowest BCUT2D eigenvalue weighted by Crippen LogP contribution is -2.48. The molecule has 2 N–H and O–H groups in total. The van der Waals surface area contributed by atoms with E-state index in [-0.39, 0.29) is 18.4 Å². The third-order valence-electron chi connectivity index (χ3n) is 6.62. The monoisotopic (exact) mass is 469 g/mol. The average Bonchev–Trinajstić information content (AvgIpc) is 3.45. The third kappa shape index (κ3) is 4.38. The number of hydroxylamine groups is 2. The summed E-state index contributed by atoms with van der Waals surface area (Å²) in [5.74, 6) is -0.427. The Kier molecular flexibility index (Phi) is 6.25. The summed E-state index contributed by atoms with van der Waals surface area (Å²) >= 11 is 0. The first kappa shape index (κ1) is 22.7. The molecular weight excluding hydrogens is 442 g/mol. The number of ether oxygens (including phenoxy) is 1. The summed E-state index contributed by atoms with van der Waals surface area (Å²) in [6.45, 7) is 0.175. The molecule has 2 amide bonds. The van der Waals surface area contributed by atoms with E-state index in [0.29, 0.717) is 6.42 Å². The first-order valence-corrected chi connectivity index (χ1v) is 11.5. The Balaban J connectivity index is 1.32. The van der Waals surface area contributed by atoms with Gasteiger partial charge in [0.2, 0.25) is 0 Å². The maximum absolute atomic E-state index is 13.0. The molecule has 0 saturated carbocycles. The number of benzene rings is 3. The molecule has 0 saturated heterocycles. The van der Waals surface area contributed by atoms with Gasteiger partial charge in [0, 0.05) is 36.5 Å². The van der Waals surface area contributed by atoms with Gasteiger partial charge in [0.05, 0.1) is 7.11 Å². The van der Waals surface area contributed by atoms with Gasteiger partial charge in [-0.2, -0.15) is 0 Å². The van der Waals surface area contributed by atoms with Crippen LogP contribution in [0.25, 0.3) is 22.0 Å². The van der Waals surface area contributed by atoms with Gasteiger partial charge in [-0.15, -0.1) is 0 Å². The fraction of sp³-hybridized carbons (Fsp3) is 0.214. The molecule has 1 atom stereocenters. The predicted octanol–water partition coefficient (Wildman–Crippen LogP) is 4.64. The van der Waals surface area contributed by atoms with Crippen LogP contribution in [0.15, 0.2) is 79.0 Å². The van der Waals surface area contributed by atoms with Gasteiger partial charge in [0.1, 0.15) is 12.6 Å². The topological polar surface area (TPSA) is 83.7 Å². The lowest BCUT2D eigenvalue weighted by atomic mass is 9.98. The van der Waals surface area contributed by atoms with Crippen molar-refractivity contribution in [2.75, 3.05) is 20.8 Å². The number of H-pyrrole nitrogens is 1. The summed E-state index contributed by atoms with van der Waals surface area (Å²) in [6.07, 6.45) is 1.51. The van der Waals surface area contributed by atoms with Crippen molar-refractivity contribution < 1.29 is 19.2 Å². The summed E-state index contributed by atoms with van der Waals surface area (Å²) in [7, 11) is 2.93. The molecule has 178 valence electrons. The second kappa shape index (κ2) is 9.64. The number of amides is 2. The standard InChI is InChI=1S/C28H27N3O4/c1-31(34-2)27(32)26(15-18-16-29-25-14-8-7-9-19(18)25)30-28(33)35-17-24-22-12-5-3-10-20(22)21-11-4-6-13-23(21)24/h3-14,16,24,26,29H,15,17H2,1-2H3,(H,30,33)/t26-/m1/s1. The Bertz CT molecular complexity index is 1330. The van der Waals surface area contributed by atoms with Gasteiger partial charge >= 0.3 is 6.09 Å². The van der Waals surface area contributed by atoms with Gasteiger partial charge in [-0.25, -0.2) is 9.86 Å². The molecule has 0 spiro atoms. The normalized spacial score (nSPS) is 13.2. The van der Waals surface area contributed by atoms with Crippen molar-refractivity contribution in [3.8, 4) is 11.1 Å². The summed E-state index contributed by atoms with van der Waals surface area (Å²) < 4.78 is 5.67. The van der Waals surface area contributed by atoms with E-state index in [9.17, 15) is 9.59 Å². The highest BCUT2D eigenvalue weighted by Crippen LogP contribution is 2.44. The van der Waals surface area contributed by atoms with E-state index in [0.717, 1.165) is 43.8 Å². The van der Waals surface area contributed by atoms with E-state index in [2.05, 4.69) is 34.6 Å². The number of rotatable bonds is 7. The van der Waals surface area contributed by atoms with E-state index in [1.807, 2.05) is 54.7 Å². The van der Waals surface area contributed by atoms with Gasteiger partial charge in [0.25, 0.3) is 5.91 Å². The van der Waals surface area contributed by atoms with Crippen molar-refractivity contribution in [1.82, 2.24) is 15.4 Å². The fourth-order valence-corrected chi connectivity index (χ4v) is 4.81. The second-order valence-corrected chi connectivity index (χ2v) is 8.60. The zero-order valence-corrected chi connectivity index (χ0v) is 19.7. The SMILES string of the molecule is CON(C)C(=O)[C@@H](Cc1c[nH]c2ccccc12)NC(=O)OCC1c2ccccc2-c2ccccc21. The Morgan fingerprint density at radius 2 is 1.60 bits per heavy atom. The Labute approximate surface area is 203 Å². The largest absolute Gasteiger partial charge is 0.449 e. The fourth-order valence-electron chi connectivity index (χ4n) is 4.81. The molecular formula is C28H27N3O4. The highest BCUT2D eigenvalue weighted by Gasteiger charge is 2.30. The number of nitrogens with one attached hydrogen (secondary N) is 2. The lowest BCUT2D eigenvalue weighted by molar-refractivity contribution is -0.170. The van der Waals surface area contributed by atoms with Gasteiger partial charge in [-0.3, -0.25) is 9.63 Å². The van der Waals surface area contributed by atoms with Crippen LogP contribution >= 0.6 is 0 Å². The van der Waals surface area contributed by atoms with Crippen LogP contribution in [0, 0.1) is 0 Å². The van der Waals surface area contributed by atoms with Crippen molar-refractivity contribution in [2.45, 2.75) is 18.4 Å². The molecule has 1 aliphatic carbocycles. The lowest BCUT2D eigenvalue weighted by Gasteiger charge is -2.23. The molecule has 0 aliphatic heterocycles. The minimum atomic E-state index is -0.852. The van der Waals surface area contributed by atoms with Crippen molar-refractivity contribution in [3.63, 3.8) is 0 Å². The molecule has 4 aromatic rings. The van der Waals surface area contributed by atoms with E-state index in [4.69, 9.17) is 9.57 Å². The van der Waals surface area contributed by atoms with E-state index < -0.39 is 12.1 Å². The minimum Gasteiger partial charge on any atom is -0.449 e. The molecule has 35 heavy (non-hydrogen) atoms. The van der Waals surface area contributed by atoms with Crippen LogP contribution in [0.2, 0.25) is 0 Å². The molecule has 1 aliphatic rings. The number of carbonyl (C=O) groups is 2. The van der Waals surface area contributed by atoms with Gasteiger partial charge < -0.3 is 15.0 Å². The van der Waals surface area contributed by atoms with Crippen LogP contribution in [0.3, 0.4) is 0 Å². The van der Waals surface area contributed by atoms with Crippen molar-refractivity contribution in [3.05, 3.63) is 95.7 Å². The van der Waals surface area contributed by atoms with Crippen LogP contribution in [0.4, 0.5) is 4.79 Å². The molecule has 3 aromatic carbocycles. The van der Waals surface area contributed by atoms with Gasteiger partial charge in [0.15, 0.2) is 0 Å². The van der Waals surface area contributed by atoms with E-state index in [1.165, 1.54) is 14.2 Å². The second-order valence-electron chi connectivity index (χ2n) is 8.60. The molecule has 1 aromatic heterocycles.